The summed E-state index contributed by atoms with van der Waals surface area (Å²) in [6, 6.07) is 4.41. The minimum Gasteiger partial charge on any atom is -0.284 e. The number of aryl methyl sites for hydroxylation is 2. The lowest BCUT2D eigenvalue weighted by molar-refractivity contribution is 0.411. The zero-order valence-electron chi connectivity index (χ0n) is 15.8. The predicted molar refractivity (Wildman–Crippen MR) is 103 cm³/mol. The van der Waals surface area contributed by atoms with Gasteiger partial charge in [0.15, 0.2) is 0 Å². The van der Waals surface area contributed by atoms with E-state index in [9.17, 15) is 5.26 Å². The third-order valence-electron chi connectivity index (χ3n) is 5.35. The van der Waals surface area contributed by atoms with Gasteiger partial charge >= 0.3 is 0 Å². The first-order chi connectivity index (χ1) is 13.6. The Morgan fingerprint density at radius 1 is 1.32 bits per heavy atom. The average Bonchev–Trinajstić information content (AvgIpc) is 3.06. The third kappa shape index (κ3) is 2.76. The molecule has 0 aliphatic heterocycles. The second-order valence-corrected chi connectivity index (χ2v) is 7.40. The second-order valence-electron chi connectivity index (χ2n) is 7.40. The Morgan fingerprint density at radius 2 is 2.18 bits per heavy atom. The van der Waals surface area contributed by atoms with E-state index >= 15 is 0 Å². The number of rotatable bonds is 5. The first-order valence-electron chi connectivity index (χ1n) is 9.40. The van der Waals surface area contributed by atoms with E-state index in [0.29, 0.717) is 12.3 Å². The Hall–Kier alpha value is -3.47. The van der Waals surface area contributed by atoms with Gasteiger partial charge in [0.25, 0.3) is 0 Å². The molecule has 8 heteroatoms. The van der Waals surface area contributed by atoms with Crippen LogP contribution in [0.1, 0.15) is 31.0 Å². The van der Waals surface area contributed by atoms with Crippen molar-refractivity contribution in [1.82, 2.24) is 33.9 Å². The molecule has 1 saturated carbocycles. The Labute approximate surface area is 162 Å². The fourth-order valence-electron chi connectivity index (χ4n) is 3.74. The average molecular weight is 372 g/mol. The highest BCUT2D eigenvalue weighted by Gasteiger charge is 2.33. The SMILES string of the molecule is Cc1nn(C(CC#N)C2CC2)cc1-c1nc(-c2cnn(C)c2)cc2nccn12. The molecule has 0 saturated heterocycles. The molecule has 1 aliphatic rings. The molecule has 1 fully saturated rings. The van der Waals surface area contributed by atoms with Crippen molar-refractivity contribution >= 4 is 5.65 Å². The molecular weight excluding hydrogens is 352 g/mol. The van der Waals surface area contributed by atoms with E-state index in [2.05, 4.69) is 16.2 Å². The van der Waals surface area contributed by atoms with Crippen molar-refractivity contribution in [2.75, 3.05) is 0 Å². The first kappa shape index (κ1) is 16.7. The molecule has 0 radical (unpaired) electrons. The quantitative estimate of drug-likeness (QED) is 0.537. The summed E-state index contributed by atoms with van der Waals surface area (Å²) >= 11 is 0. The molecule has 8 nitrogen and oxygen atoms in total. The fourth-order valence-corrected chi connectivity index (χ4v) is 3.74. The van der Waals surface area contributed by atoms with Crippen molar-refractivity contribution in [3.8, 4) is 28.7 Å². The number of nitriles is 1. The van der Waals surface area contributed by atoms with Crippen LogP contribution >= 0.6 is 0 Å². The summed E-state index contributed by atoms with van der Waals surface area (Å²) in [5.41, 5.74) is 4.45. The smallest absolute Gasteiger partial charge is 0.149 e. The van der Waals surface area contributed by atoms with Crippen molar-refractivity contribution in [1.29, 1.82) is 5.26 Å². The van der Waals surface area contributed by atoms with Gasteiger partial charge in [0, 0.05) is 43.5 Å². The van der Waals surface area contributed by atoms with Crippen molar-refractivity contribution in [3.05, 3.63) is 42.7 Å². The number of hydrogen-bond donors (Lipinski definition) is 0. The maximum absolute atomic E-state index is 9.22. The van der Waals surface area contributed by atoms with Crippen LogP contribution in [-0.4, -0.2) is 33.9 Å². The van der Waals surface area contributed by atoms with Crippen LogP contribution in [0.3, 0.4) is 0 Å². The largest absolute Gasteiger partial charge is 0.284 e. The molecule has 1 unspecified atom stereocenters. The number of fused-ring (bicyclic) bond motifs is 1. The highest BCUT2D eigenvalue weighted by atomic mass is 15.3. The monoisotopic (exact) mass is 372 g/mol. The van der Waals surface area contributed by atoms with Gasteiger partial charge in [-0.25, -0.2) is 9.97 Å². The van der Waals surface area contributed by atoms with E-state index < -0.39 is 0 Å². The van der Waals surface area contributed by atoms with Gasteiger partial charge in [-0.05, 0) is 25.7 Å². The third-order valence-corrected chi connectivity index (χ3v) is 5.35. The van der Waals surface area contributed by atoms with Crippen molar-refractivity contribution in [2.45, 2.75) is 32.2 Å². The maximum atomic E-state index is 9.22. The van der Waals surface area contributed by atoms with Gasteiger partial charge in [0.2, 0.25) is 0 Å². The van der Waals surface area contributed by atoms with E-state index in [-0.39, 0.29) is 6.04 Å². The van der Waals surface area contributed by atoms with Crippen molar-refractivity contribution in [3.63, 3.8) is 0 Å². The minimum atomic E-state index is 0.136. The van der Waals surface area contributed by atoms with Crippen LogP contribution in [0.5, 0.6) is 0 Å². The molecule has 5 rings (SSSR count). The van der Waals surface area contributed by atoms with Gasteiger partial charge in [-0.15, -0.1) is 0 Å². The maximum Gasteiger partial charge on any atom is 0.149 e. The van der Waals surface area contributed by atoms with E-state index in [4.69, 9.17) is 10.1 Å². The summed E-state index contributed by atoms with van der Waals surface area (Å²) in [5.74, 6) is 1.35. The number of hydrogen-bond acceptors (Lipinski definition) is 5. The Morgan fingerprint density at radius 3 is 2.89 bits per heavy atom. The van der Waals surface area contributed by atoms with Crippen LogP contribution in [0.15, 0.2) is 37.1 Å². The van der Waals surface area contributed by atoms with Crippen LogP contribution in [0.25, 0.3) is 28.3 Å². The van der Waals surface area contributed by atoms with Crippen LogP contribution in [0.4, 0.5) is 0 Å². The lowest BCUT2D eigenvalue weighted by Crippen LogP contribution is -2.11. The molecule has 140 valence electrons. The van der Waals surface area contributed by atoms with Gasteiger partial charge in [-0.3, -0.25) is 13.8 Å². The highest BCUT2D eigenvalue weighted by Crippen LogP contribution is 2.42. The van der Waals surface area contributed by atoms with E-state index in [1.54, 1.807) is 17.1 Å². The Balaban J connectivity index is 1.65. The van der Waals surface area contributed by atoms with Crippen LogP contribution in [-0.2, 0) is 7.05 Å². The molecule has 28 heavy (non-hydrogen) atoms. The van der Waals surface area contributed by atoms with Crippen LogP contribution in [0.2, 0.25) is 0 Å². The van der Waals surface area contributed by atoms with Crippen molar-refractivity contribution in [2.24, 2.45) is 13.0 Å². The second kappa shape index (κ2) is 6.30. The zero-order chi connectivity index (χ0) is 19.3. The van der Waals surface area contributed by atoms with Gasteiger partial charge in [0.1, 0.15) is 11.5 Å². The molecule has 0 aromatic carbocycles. The van der Waals surface area contributed by atoms with Gasteiger partial charge in [-0.2, -0.15) is 15.5 Å². The fraction of sp³-hybridized carbons (Fsp3) is 0.350. The highest BCUT2D eigenvalue weighted by molar-refractivity contribution is 5.69. The number of imidazole rings is 1. The summed E-state index contributed by atoms with van der Waals surface area (Å²) < 4.78 is 5.70. The predicted octanol–water partition coefficient (Wildman–Crippen LogP) is 3.17. The standard InChI is InChI=1S/C20H20N8/c1-13-16(12-28(25-13)18(5-6-21)14-3-4-14)20-24-17(15-10-23-26(2)11-15)9-19-22-7-8-27(19)20/h7-12,14,18H,3-5H2,1-2H3. The Bertz CT molecular complexity index is 1200. The summed E-state index contributed by atoms with van der Waals surface area (Å²) in [6.45, 7) is 1.99. The van der Waals surface area contributed by atoms with E-state index in [1.807, 2.05) is 47.7 Å². The molecule has 0 bridgehead atoms. The van der Waals surface area contributed by atoms with Gasteiger partial charge in [-0.1, -0.05) is 0 Å². The van der Waals surface area contributed by atoms with E-state index in [1.165, 1.54) is 12.8 Å². The summed E-state index contributed by atoms with van der Waals surface area (Å²) in [7, 11) is 1.89. The van der Waals surface area contributed by atoms with Crippen molar-refractivity contribution < 1.29 is 0 Å². The molecule has 1 atom stereocenters. The molecule has 4 aromatic rings. The molecule has 1 aliphatic carbocycles. The van der Waals surface area contributed by atoms with Crippen LogP contribution < -0.4 is 0 Å². The molecule has 4 heterocycles. The van der Waals surface area contributed by atoms with Crippen LogP contribution in [0, 0.1) is 24.2 Å². The number of aromatic nitrogens is 7. The first-order valence-corrected chi connectivity index (χ1v) is 9.40. The summed E-state index contributed by atoms with van der Waals surface area (Å²) in [6.07, 6.45) is 12.3. The normalized spacial score (nSPS) is 15.0. The lowest BCUT2D eigenvalue weighted by Gasteiger charge is -2.12. The topological polar surface area (TPSA) is 89.6 Å². The summed E-state index contributed by atoms with van der Waals surface area (Å²) in [5, 5.41) is 18.2. The van der Waals surface area contributed by atoms with E-state index in [0.717, 1.165) is 34.0 Å². The lowest BCUT2D eigenvalue weighted by atomic mass is 10.1. The Kier molecular flexibility index (Phi) is 3.76. The molecular formula is C20H20N8. The molecule has 0 N–H and O–H groups in total. The summed E-state index contributed by atoms with van der Waals surface area (Å²) in [4.78, 5) is 9.38. The number of nitrogens with zero attached hydrogens (tertiary/aromatic N) is 8. The zero-order valence-corrected chi connectivity index (χ0v) is 15.8. The molecule has 0 amide bonds. The molecule has 4 aromatic heterocycles. The minimum absolute atomic E-state index is 0.136. The molecule has 0 spiro atoms. The van der Waals surface area contributed by atoms with Gasteiger partial charge in [0.05, 0.1) is 41.7 Å². The van der Waals surface area contributed by atoms with Gasteiger partial charge < -0.3 is 0 Å².